The summed E-state index contributed by atoms with van der Waals surface area (Å²) in [6, 6.07) is 9.54. The third-order valence-electron chi connectivity index (χ3n) is 3.52. The number of hydrogen-bond acceptors (Lipinski definition) is 2. The van der Waals surface area contributed by atoms with Crippen LogP contribution in [0.2, 0.25) is 0 Å². The molecule has 0 aliphatic heterocycles. The average Bonchev–Trinajstić information content (AvgIpc) is 2.52. The van der Waals surface area contributed by atoms with Gasteiger partial charge < -0.3 is 9.64 Å². The molecule has 0 N–H and O–H groups in total. The second kappa shape index (κ2) is 11.2. The summed E-state index contributed by atoms with van der Waals surface area (Å²) >= 11 is 0. The van der Waals surface area contributed by atoms with Gasteiger partial charge >= 0.3 is 0 Å². The molecule has 21 heavy (non-hydrogen) atoms. The molecule has 0 heterocycles. The molecule has 0 spiro atoms. The van der Waals surface area contributed by atoms with E-state index in [1.54, 1.807) is 0 Å². The van der Waals surface area contributed by atoms with Gasteiger partial charge in [-0.3, -0.25) is 4.79 Å². The van der Waals surface area contributed by atoms with E-state index in [0.717, 1.165) is 31.7 Å². The second-order valence-electron chi connectivity index (χ2n) is 5.40. The van der Waals surface area contributed by atoms with Gasteiger partial charge in [0.1, 0.15) is 5.75 Å². The molecule has 0 fully saturated rings. The minimum atomic E-state index is 0.103. The highest BCUT2D eigenvalue weighted by Crippen LogP contribution is 2.09. The lowest BCUT2D eigenvalue weighted by Crippen LogP contribution is -2.36. The largest absolute Gasteiger partial charge is 0.484 e. The Labute approximate surface area is 129 Å². The summed E-state index contributed by atoms with van der Waals surface area (Å²) in [5, 5.41) is 0. The molecule has 0 atom stereocenters. The molecule has 3 heteroatoms. The Kier molecular flexibility index (Phi) is 9.34. The average molecular weight is 291 g/mol. The maximum Gasteiger partial charge on any atom is 0.260 e. The third kappa shape index (κ3) is 7.74. The van der Waals surface area contributed by atoms with Gasteiger partial charge in [-0.25, -0.2) is 0 Å². The monoisotopic (exact) mass is 291 g/mol. The summed E-state index contributed by atoms with van der Waals surface area (Å²) in [5.41, 5.74) is 0. The zero-order valence-corrected chi connectivity index (χ0v) is 13.5. The number of ether oxygens (including phenoxy) is 1. The van der Waals surface area contributed by atoms with Crippen molar-refractivity contribution in [3.05, 3.63) is 30.3 Å². The number of amides is 1. The fourth-order valence-electron chi connectivity index (χ4n) is 2.22. The summed E-state index contributed by atoms with van der Waals surface area (Å²) in [6.45, 7) is 6.22. The number of carbonyl (C=O) groups excluding carboxylic acids is 1. The summed E-state index contributed by atoms with van der Waals surface area (Å²) < 4.78 is 5.57. The van der Waals surface area contributed by atoms with Gasteiger partial charge in [-0.15, -0.1) is 0 Å². The maximum atomic E-state index is 12.3. The van der Waals surface area contributed by atoms with E-state index in [-0.39, 0.29) is 12.5 Å². The van der Waals surface area contributed by atoms with E-state index in [1.807, 2.05) is 35.2 Å². The van der Waals surface area contributed by atoms with Gasteiger partial charge in [0.05, 0.1) is 0 Å². The van der Waals surface area contributed by atoms with Crippen molar-refractivity contribution >= 4 is 5.91 Å². The van der Waals surface area contributed by atoms with E-state index in [2.05, 4.69) is 13.8 Å². The van der Waals surface area contributed by atoms with Crippen molar-refractivity contribution in [2.24, 2.45) is 0 Å². The van der Waals surface area contributed by atoms with Crippen LogP contribution >= 0.6 is 0 Å². The Morgan fingerprint density at radius 2 is 1.52 bits per heavy atom. The first-order valence-electron chi connectivity index (χ1n) is 8.23. The molecular formula is C18H29NO2. The van der Waals surface area contributed by atoms with Crippen LogP contribution in [0.5, 0.6) is 5.75 Å². The highest BCUT2D eigenvalue weighted by Gasteiger charge is 2.13. The van der Waals surface area contributed by atoms with Crippen LogP contribution in [-0.2, 0) is 4.79 Å². The van der Waals surface area contributed by atoms with Crippen LogP contribution in [0.3, 0.4) is 0 Å². The molecule has 118 valence electrons. The first-order chi connectivity index (χ1) is 10.3. The van der Waals surface area contributed by atoms with E-state index >= 15 is 0 Å². The van der Waals surface area contributed by atoms with Crippen LogP contribution in [0.1, 0.15) is 52.4 Å². The fraction of sp³-hybridized carbons (Fsp3) is 0.611. The third-order valence-corrected chi connectivity index (χ3v) is 3.52. The molecule has 0 bridgehead atoms. The second-order valence-corrected chi connectivity index (χ2v) is 5.40. The number of rotatable bonds is 11. The summed E-state index contributed by atoms with van der Waals surface area (Å²) in [7, 11) is 0. The van der Waals surface area contributed by atoms with Crippen molar-refractivity contribution in [3.63, 3.8) is 0 Å². The Bertz CT molecular complexity index is 368. The standard InChI is InChI=1S/C18H29NO2/c1-3-5-10-14-19(15-11-6-4-2)18(20)16-21-17-12-8-7-9-13-17/h7-9,12-13H,3-6,10-11,14-16H2,1-2H3. The van der Waals surface area contributed by atoms with Gasteiger partial charge in [0.25, 0.3) is 5.91 Å². The van der Waals surface area contributed by atoms with Gasteiger partial charge in [0.2, 0.25) is 0 Å². The Morgan fingerprint density at radius 1 is 0.952 bits per heavy atom. The van der Waals surface area contributed by atoms with Crippen molar-refractivity contribution in [1.29, 1.82) is 0 Å². The Balaban J connectivity index is 2.40. The molecule has 1 aromatic carbocycles. The number of carbonyl (C=O) groups is 1. The van der Waals surface area contributed by atoms with Gasteiger partial charge in [0.15, 0.2) is 6.61 Å². The normalized spacial score (nSPS) is 10.4. The zero-order chi connectivity index (χ0) is 15.3. The molecule has 1 amide bonds. The number of nitrogens with zero attached hydrogens (tertiary/aromatic N) is 1. The van der Waals surface area contributed by atoms with E-state index in [9.17, 15) is 4.79 Å². The molecule has 0 saturated carbocycles. The Hall–Kier alpha value is -1.51. The van der Waals surface area contributed by atoms with Crippen molar-refractivity contribution in [2.75, 3.05) is 19.7 Å². The van der Waals surface area contributed by atoms with Crippen LogP contribution in [0.4, 0.5) is 0 Å². The van der Waals surface area contributed by atoms with E-state index < -0.39 is 0 Å². The van der Waals surface area contributed by atoms with Crippen LogP contribution in [0.25, 0.3) is 0 Å². The first kappa shape index (κ1) is 17.5. The Morgan fingerprint density at radius 3 is 2.05 bits per heavy atom. The maximum absolute atomic E-state index is 12.3. The predicted molar refractivity (Wildman–Crippen MR) is 87.6 cm³/mol. The number of para-hydroxylation sites is 1. The predicted octanol–water partition coefficient (Wildman–Crippen LogP) is 4.27. The quantitative estimate of drug-likeness (QED) is 0.570. The lowest BCUT2D eigenvalue weighted by atomic mass is 10.2. The summed E-state index contributed by atoms with van der Waals surface area (Å²) in [6.07, 6.45) is 6.88. The van der Waals surface area contributed by atoms with Gasteiger partial charge in [-0.2, -0.15) is 0 Å². The van der Waals surface area contributed by atoms with Crippen LogP contribution < -0.4 is 4.74 Å². The summed E-state index contributed by atoms with van der Waals surface area (Å²) in [4.78, 5) is 14.3. The van der Waals surface area contributed by atoms with Crippen molar-refractivity contribution in [1.82, 2.24) is 4.90 Å². The molecule has 0 aromatic heterocycles. The van der Waals surface area contributed by atoms with Gasteiger partial charge in [-0.05, 0) is 25.0 Å². The van der Waals surface area contributed by atoms with Crippen LogP contribution in [0, 0.1) is 0 Å². The first-order valence-corrected chi connectivity index (χ1v) is 8.23. The molecule has 1 rings (SSSR count). The molecule has 3 nitrogen and oxygen atoms in total. The lowest BCUT2D eigenvalue weighted by Gasteiger charge is -2.22. The van der Waals surface area contributed by atoms with E-state index in [1.165, 1.54) is 25.7 Å². The lowest BCUT2D eigenvalue weighted by molar-refractivity contribution is -0.133. The minimum Gasteiger partial charge on any atom is -0.484 e. The molecule has 0 saturated heterocycles. The van der Waals surface area contributed by atoms with Crippen molar-refractivity contribution in [3.8, 4) is 5.75 Å². The molecule has 0 aliphatic carbocycles. The molecule has 0 aliphatic rings. The smallest absolute Gasteiger partial charge is 0.260 e. The SMILES string of the molecule is CCCCCN(CCCCC)C(=O)COc1ccccc1. The molecule has 0 unspecified atom stereocenters. The topological polar surface area (TPSA) is 29.5 Å². The van der Waals surface area contributed by atoms with Gasteiger partial charge in [0, 0.05) is 13.1 Å². The highest BCUT2D eigenvalue weighted by molar-refractivity contribution is 5.77. The number of hydrogen-bond donors (Lipinski definition) is 0. The van der Waals surface area contributed by atoms with Crippen molar-refractivity contribution < 1.29 is 9.53 Å². The number of unbranched alkanes of at least 4 members (excludes halogenated alkanes) is 4. The van der Waals surface area contributed by atoms with Crippen molar-refractivity contribution in [2.45, 2.75) is 52.4 Å². The van der Waals surface area contributed by atoms with Crippen LogP contribution in [0.15, 0.2) is 30.3 Å². The molecule has 0 radical (unpaired) electrons. The minimum absolute atomic E-state index is 0.103. The van der Waals surface area contributed by atoms with Crippen LogP contribution in [-0.4, -0.2) is 30.5 Å². The fourth-order valence-corrected chi connectivity index (χ4v) is 2.22. The van der Waals surface area contributed by atoms with Gasteiger partial charge in [-0.1, -0.05) is 57.7 Å². The number of benzene rings is 1. The van der Waals surface area contributed by atoms with E-state index in [0.29, 0.717) is 0 Å². The molecule has 1 aromatic rings. The molecular weight excluding hydrogens is 262 g/mol. The zero-order valence-electron chi connectivity index (χ0n) is 13.5. The highest BCUT2D eigenvalue weighted by atomic mass is 16.5. The summed E-state index contributed by atoms with van der Waals surface area (Å²) in [5.74, 6) is 0.860. The van der Waals surface area contributed by atoms with E-state index in [4.69, 9.17) is 4.74 Å².